The number of hydrazine groups is 1. The minimum atomic E-state index is -0.497. The molecule has 0 heterocycles. The lowest BCUT2D eigenvalue weighted by molar-refractivity contribution is -0.117. The Kier molecular flexibility index (Phi) is 9.60. The summed E-state index contributed by atoms with van der Waals surface area (Å²) < 4.78 is 16.2. The Bertz CT molecular complexity index is 978. The number of methoxy groups -OCH3 is 1. The number of nitrogens with one attached hydrogen (secondary N) is 2. The molecule has 168 valence electrons. The van der Waals surface area contributed by atoms with Crippen molar-refractivity contribution in [2.24, 2.45) is 5.92 Å². The highest BCUT2D eigenvalue weighted by molar-refractivity contribution is 5.98. The Hall–Kier alpha value is -3.99. The molecule has 0 aliphatic heterocycles. The second-order valence-electron chi connectivity index (χ2n) is 7.19. The first kappa shape index (κ1) is 24.3. The average molecular weight is 437 g/mol. The van der Waals surface area contributed by atoms with Crippen molar-refractivity contribution < 1.29 is 23.8 Å². The molecule has 0 aliphatic carbocycles. The summed E-state index contributed by atoms with van der Waals surface area (Å²) in [5.74, 6) is 1.09. The van der Waals surface area contributed by atoms with Crippen molar-refractivity contribution in [2.45, 2.75) is 20.3 Å². The number of hydrogen-bond acceptors (Lipinski definition) is 6. The van der Waals surface area contributed by atoms with Crippen LogP contribution in [0, 0.1) is 17.2 Å². The number of rotatable bonds is 10. The Morgan fingerprint density at radius 3 is 2.47 bits per heavy atom. The number of nitrogens with zero attached hydrogens (tertiary/aromatic N) is 1. The van der Waals surface area contributed by atoms with Gasteiger partial charge in [0.25, 0.3) is 11.8 Å². The van der Waals surface area contributed by atoms with Gasteiger partial charge in [0.15, 0.2) is 18.1 Å². The third-order valence-corrected chi connectivity index (χ3v) is 4.29. The molecule has 2 rings (SSSR count). The van der Waals surface area contributed by atoms with Gasteiger partial charge in [0.05, 0.1) is 13.7 Å². The smallest absolute Gasteiger partial charge is 0.269 e. The van der Waals surface area contributed by atoms with Crippen LogP contribution in [-0.2, 0) is 4.79 Å². The van der Waals surface area contributed by atoms with Crippen molar-refractivity contribution in [3.8, 4) is 23.3 Å². The second kappa shape index (κ2) is 12.6. The summed E-state index contributed by atoms with van der Waals surface area (Å²) in [5.41, 5.74) is 5.76. The lowest BCUT2D eigenvalue weighted by Gasteiger charge is -2.13. The van der Waals surface area contributed by atoms with Gasteiger partial charge in [-0.1, -0.05) is 26.0 Å². The average Bonchev–Trinajstić information content (AvgIpc) is 2.80. The molecule has 2 aromatic rings. The molecule has 2 N–H and O–H groups in total. The fourth-order valence-electron chi connectivity index (χ4n) is 2.53. The molecule has 8 heteroatoms. The monoisotopic (exact) mass is 437 g/mol. The van der Waals surface area contributed by atoms with Gasteiger partial charge >= 0.3 is 0 Å². The number of nitriles is 1. The molecule has 0 unspecified atom stereocenters. The van der Waals surface area contributed by atoms with E-state index < -0.39 is 11.8 Å². The highest BCUT2D eigenvalue weighted by Crippen LogP contribution is 2.28. The summed E-state index contributed by atoms with van der Waals surface area (Å²) in [4.78, 5) is 24.3. The molecule has 32 heavy (non-hydrogen) atoms. The number of carbonyl (C=O) groups is 2. The quantitative estimate of drug-likeness (QED) is 0.435. The van der Waals surface area contributed by atoms with E-state index in [4.69, 9.17) is 19.5 Å². The van der Waals surface area contributed by atoms with Crippen molar-refractivity contribution in [3.63, 3.8) is 0 Å². The van der Waals surface area contributed by atoms with E-state index in [9.17, 15) is 9.59 Å². The summed E-state index contributed by atoms with van der Waals surface area (Å²) in [5, 5.41) is 8.50. The van der Waals surface area contributed by atoms with E-state index >= 15 is 0 Å². The minimum Gasteiger partial charge on any atom is -0.493 e. The maximum absolute atomic E-state index is 12.3. The van der Waals surface area contributed by atoms with E-state index in [-0.39, 0.29) is 6.61 Å². The van der Waals surface area contributed by atoms with Gasteiger partial charge in [-0.25, -0.2) is 0 Å². The standard InChI is InChI=1S/C24H27N3O5/c1-17(2)12-14-32-21-10-7-19(16-22(21)30-3)24(29)27-26-23(28)11-6-18-4-8-20(9-5-18)31-15-13-25/h4-11,16-17H,12,14-15H2,1-3H3,(H,26,28)(H,27,29)/b11-6+. The zero-order chi connectivity index (χ0) is 23.3. The van der Waals surface area contributed by atoms with Crippen molar-refractivity contribution >= 4 is 17.9 Å². The maximum Gasteiger partial charge on any atom is 0.269 e. The normalized spacial score (nSPS) is 10.5. The molecular weight excluding hydrogens is 410 g/mol. The van der Waals surface area contributed by atoms with Crippen LogP contribution in [0.1, 0.15) is 36.2 Å². The number of carbonyl (C=O) groups excluding carboxylic acids is 2. The van der Waals surface area contributed by atoms with Gasteiger partial charge < -0.3 is 14.2 Å². The zero-order valence-corrected chi connectivity index (χ0v) is 18.4. The van der Waals surface area contributed by atoms with E-state index in [0.29, 0.717) is 35.3 Å². The van der Waals surface area contributed by atoms with Crippen LogP contribution < -0.4 is 25.1 Å². The van der Waals surface area contributed by atoms with Crippen LogP contribution in [0.3, 0.4) is 0 Å². The maximum atomic E-state index is 12.3. The molecule has 2 aromatic carbocycles. The molecular formula is C24H27N3O5. The molecule has 0 saturated heterocycles. The summed E-state index contributed by atoms with van der Waals surface area (Å²) in [6.07, 6.45) is 3.78. The van der Waals surface area contributed by atoms with Gasteiger partial charge in [0.2, 0.25) is 0 Å². The molecule has 0 saturated carbocycles. The molecule has 2 amide bonds. The third-order valence-electron chi connectivity index (χ3n) is 4.29. The Balaban J connectivity index is 1.87. The SMILES string of the molecule is COc1cc(C(=O)NNC(=O)/C=C/c2ccc(OCC#N)cc2)ccc1OCCC(C)C. The number of ether oxygens (including phenoxy) is 3. The Morgan fingerprint density at radius 1 is 1.06 bits per heavy atom. The first-order chi connectivity index (χ1) is 15.4. The second-order valence-corrected chi connectivity index (χ2v) is 7.19. The van der Waals surface area contributed by atoms with Crippen LogP contribution in [-0.4, -0.2) is 32.1 Å². The van der Waals surface area contributed by atoms with Gasteiger partial charge in [-0.05, 0) is 54.3 Å². The molecule has 0 spiro atoms. The van der Waals surface area contributed by atoms with Crippen LogP contribution in [0.5, 0.6) is 17.2 Å². The molecule has 0 bridgehead atoms. The molecule has 0 aliphatic rings. The molecule has 0 aromatic heterocycles. The van der Waals surface area contributed by atoms with Crippen LogP contribution in [0.25, 0.3) is 6.08 Å². The van der Waals surface area contributed by atoms with Crippen molar-refractivity contribution in [3.05, 3.63) is 59.7 Å². The Labute approximate surface area is 187 Å². The predicted octanol–water partition coefficient (Wildman–Crippen LogP) is 3.50. The van der Waals surface area contributed by atoms with Crippen LogP contribution in [0.2, 0.25) is 0 Å². The lowest BCUT2D eigenvalue weighted by Crippen LogP contribution is -2.40. The van der Waals surface area contributed by atoms with Crippen molar-refractivity contribution in [1.29, 1.82) is 5.26 Å². The summed E-state index contributed by atoms with van der Waals surface area (Å²) in [7, 11) is 1.50. The molecule has 0 fully saturated rings. The first-order valence-electron chi connectivity index (χ1n) is 10.1. The van der Waals surface area contributed by atoms with Gasteiger partial charge in [-0.2, -0.15) is 5.26 Å². The highest BCUT2D eigenvalue weighted by Gasteiger charge is 2.12. The number of benzene rings is 2. The van der Waals surface area contributed by atoms with Gasteiger partial charge in [0, 0.05) is 11.6 Å². The summed E-state index contributed by atoms with van der Waals surface area (Å²) in [6.45, 7) is 4.75. The largest absolute Gasteiger partial charge is 0.493 e. The van der Waals surface area contributed by atoms with Crippen molar-refractivity contribution in [1.82, 2.24) is 10.9 Å². The van der Waals surface area contributed by atoms with E-state index in [1.54, 1.807) is 48.5 Å². The van der Waals surface area contributed by atoms with E-state index in [0.717, 1.165) is 12.0 Å². The molecule has 0 atom stereocenters. The van der Waals surface area contributed by atoms with Gasteiger partial charge in [-0.3, -0.25) is 20.4 Å². The molecule has 8 nitrogen and oxygen atoms in total. The predicted molar refractivity (Wildman–Crippen MR) is 120 cm³/mol. The lowest BCUT2D eigenvalue weighted by atomic mass is 10.1. The third kappa shape index (κ3) is 8.03. The zero-order valence-electron chi connectivity index (χ0n) is 18.4. The van der Waals surface area contributed by atoms with Crippen LogP contribution in [0.4, 0.5) is 0 Å². The fraction of sp³-hybridized carbons (Fsp3) is 0.292. The van der Waals surface area contributed by atoms with E-state index in [1.807, 2.05) is 6.07 Å². The summed E-state index contributed by atoms with van der Waals surface area (Å²) in [6, 6.07) is 13.6. The van der Waals surface area contributed by atoms with E-state index in [1.165, 1.54) is 13.2 Å². The highest BCUT2D eigenvalue weighted by atomic mass is 16.5. The Morgan fingerprint density at radius 2 is 1.81 bits per heavy atom. The van der Waals surface area contributed by atoms with Gasteiger partial charge in [-0.15, -0.1) is 0 Å². The molecule has 0 radical (unpaired) electrons. The van der Waals surface area contributed by atoms with E-state index in [2.05, 4.69) is 24.7 Å². The van der Waals surface area contributed by atoms with Gasteiger partial charge in [0.1, 0.15) is 11.8 Å². The topological polar surface area (TPSA) is 110 Å². The number of hydrogen-bond donors (Lipinski definition) is 2. The summed E-state index contributed by atoms with van der Waals surface area (Å²) >= 11 is 0. The fourth-order valence-corrected chi connectivity index (χ4v) is 2.53. The van der Waals surface area contributed by atoms with Crippen LogP contribution >= 0.6 is 0 Å². The van der Waals surface area contributed by atoms with Crippen LogP contribution in [0.15, 0.2) is 48.5 Å². The number of amides is 2. The minimum absolute atomic E-state index is 0.0307. The first-order valence-corrected chi connectivity index (χ1v) is 10.1. The van der Waals surface area contributed by atoms with Crippen molar-refractivity contribution in [2.75, 3.05) is 20.3 Å².